The molecule has 0 radical (unpaired) electrons. The summed E-state index contributed by atoms with van der Waals surface area (Å²) in [6.45, 7) is 6.48. The van der Waals surface area contributed by atoms with E-state index in [1.54, 1.807) is 0 Å². The minimum atomic E-state index is -0.792. The molecule has 0 aromatic carbocycles. The molecule has 0 rings (SSSR count). The molecule has 0 fully saturated rings. The van der Waals surface area contributed by atoms with Crippen molar-refractivity contribution in [1.82, 2.24) is 0 Å². The van der Waals surface area contributed by atoms with Gasteiger partial charge in [0.05, 0.1) is 0 Å². The average Bonchev–Trinajstić information content (AvgIpc) is 3.27. The smallest absolute Gasteiger partial charge is 0.306 e. The lowest BCUT2D eigenvalue weighted by atomic mass is 10.0. The summed E-state index contributed by atoms with van der Waals surface area (Å²) < 4.78 is 16.7. The van der Waals surface area contributed by atoms with Gasteiger partial charge in [0.2, 0.25) is 0 Å². The van der Waals surface area contributed by atoms with Crippen molar-refractivity contribution >= 4 is 17.9 Å². The third-order valence-corrected chi connectivity index (χ3v) is 11.3. The fourth-order valence-corrected chi connectivity index (χ4v) is 7.36. The van der Waals surface area contributed by atoms with Crippen LogP contribution >= 0.6 is 0 Å². The standard InChI is InChI=1S/C56H98O6/c1-4-7-10-13-16-19-22-24-26-28-30-32-34-37-40-43-46-49-55(58)61-52-53(51-60-54(57)48-45-42-39-36-21-18-15-12-9-6-3)62-56(59)50-47-44-41-38-35-33-31-29-27-25-23-20-17-14-11-8-5-2/h7,10,16,19,24,26,30,32,37,40,53H,4-6,8-9,11-15,17-18,20-23,25,27-29,31,33-36,38-39,41-52H2,1-3H3/b10-7-,19-16-,26-24-,32-30-,40-37-/t53-/m1/s1. The van der Waals surface area contributed by atoms with Crippen LogP contribution in [0.2, 0.25) is 0 Å². The highest BCUT2D eigenvalue weighted by atomic mass is 16.6. The lowest BCUT2D eigenvalue weighted by Crippen LogP contribution is -2.30. The molecule has 0 saturated heterocycles. The van der Waals surface area contributed by atoms with E-state index < -0.39 is 6.10 Å². The van der Waals surface area contributed by atoms with E-state index in [0.29, 0.717) is 19.3 Å². The summed E-state index contributed by atoms with van der Waals surface area (Å²) in [7, 11) is 0. The van der Waals surface area contributed by atoms with Crippen LogP contribution in [-0.2, 0) is 28.6 Å². The molecule has 0 spiro atoms. The van der Waals surface area contributed by atoms with Crippen LogP contribution in [-0.4, -0.2) is 37.2 Å². The molecule has 0 amide bonds. The zero-order valence-corrected chi connectivity index (χ0v) is 40.9. The molecular formula is C56H98O6. The molecule has 0 N–H and O–H groups in total. The minimum Gasteiger partial charge on any atom is -0.462 e. The van der Waals surface area contributed by atoms with Gasteiger partial charge in [-0.2, -0.15) is 0 Å². The van der Waals surface area contributed by atoms with Crippen LogP contribution in [0.1, 0.15) is 258 Å². The molecular weight excluding hydrogens is 769 g/mol. The molecule has 0 aromatic rings. The number of allylic oxidation sites excluding steroid dienone is 10. The van der Waals surface area contributed by atoms with Gasteiger partial charge in [-0.15, -0.1) is 0 Å². The first-order valence-electron chi connectivity index (χ1n) is 26.3. The third kappa shape index (κ3) is 48.1. The minimum absolute atomic E-state index is 0.0886. The molecule has 358 valence electrons. The quantitative estimate of drug-likeness (QED) is 0.0262. The van der Waals surface area contributed by atoms with Crippen LogP contribution in [0, 0.1) is 0 Å². The summed E-state index contributed by atoms with van der Waals surface area (Å²) in [4.78, 5) is 37.9. The lowest BCUT2D eigenvalue weighted by Gasteiger charge is -2.18. The maximum atomic E-state index is 12.8. The van der Waals surface area contributed by atoms with E-state index in [0.717, 1.165) is 77.0 Å². The summed E-state index contributed by atoms with van der Waals surface area (Å²) in [5.74, 6) is -0.943. The monoisotopic (exact) mass is 867 g/mol. The van der Waals surface area contributed by atoms with Gasteiger partial charge in [-0.25, -0.2) is 0 Å². The van der Waals surface area contributed by atoms with Crippen LogP contribution in [0.15, 0.2) is 60.8 Å². The Hall–Kier alpha value is -2.89. The van der Waals surface area contributed by atoms with Crippen LogP contribution < -0.4 is 0 Å². The molecule has 0 bridgehead atoms. The van der Waals surface area contributed by atoms with Crippen molar-refractivity contribution in [3.8, 4) is 0 Å². The Kier molecular flexibility index (Phi) is 48.4. The van der Waals surface area contributed by atoms with Crippen molar-refractivity contribution in [2.75, 3.05) is 13.2 Å². The molecule has 0 aliphatic rings. The van der Waals surface area contributed by atoms with Gasteiger partial charge >= 0.3 is 17.9 Å². The number of unbranched alkanes of at least 4 members (excludes halogenated alkanes) is 26. The summed E-state index contributed by atoms with van der Waals surface area (Å²) in [5.41, 5.74) is 0. The highest BCUT2D eigenvalue weighted by molar-refractivity contribution is 5.71. The topological polar surface area (TPSA) is 78.9 Å². The second-order valence-electron chi connectivity index (χ2n) is 17.4. The highest BCUT2D eigenvalue weighted by Gasteiger charge is 2.19. The van der Waals surface area contributed by atoms with Crippen molar-refractivity contribution in [3.63, 3.8) is 0 Å². The van der Waals surface area contributed by atoms with Gasteiger partial charge in [0, 0.05) is 19.3 Å². The Bertz CT molecular complexity index is 1130. The van der Waals surface area contributed by atoms with Crippen molar-refractivity contribution in [1.29, 1.82) is 0 Å². The van der Waals surface area contributed by atoms with E-state index in [2.05, 4.69) is 81.5 Å². The molecule has 0 heterocycles. The third-order valence-electron chi connectivity index (χ3n) is 11.3. The van der Waals surface area contributed by atoms with E-state index in [1.165, 1.54) is 135 Å². The van der Waals surface area contributed by atoms with Crippen molar-refractivity contribution in [3.05, 3.63) is 60.8 Å². The van der Waals surface area contributed by atoms with Crippen LogP contribution in [0.5, 0.6) is 0 Å². The Morgan fingerprint density at radius 3 is 0.984 bits per heavy atom. The van der Waals surface area contributed by atoms with E-state index in [9.17, 15) is 14.4 Å². The Labute approximate surface area is 383 Å². The molecule has 1 atom stereocenters. The Balaban J connectivity index is 4.40. The molecule has 0 unspecified atom stereocenters. The molecule has 6 heteroatoms. The summed E-state index contributed by atoms with van der Waals surface area (Å²) >= 11 is 0. The fraction of sp³-hybridized carbons (Fsp3) is 0.768. The van der Waals surface area contributed by atoms with Crippen molar-refractivity contribution < 1.29 is 28.6 Å². The largest absolute Gasteiger partial charge is 0.462 e. The van der Waals surface area contributed by atoms with Gasteiger partial charge in [0.1, 0.15) is 13.2 Å². The van der Waals surface area contributed by atoms with Gasteiger partial charge in [-0.3, -0.25) is 14.4 Å². The Morgan fingerprint density at radius 1 is 0.339 bits per heavy atom. The molecule has 62 heavy (non-hydrogen) atoms. The second-order valence-corrected chi connectivity index (χ2v) is 17.4. The molecule has 0 aliphatic carbocycles. The highest BCUT2D eigenvalue weighted by Crippen LogP contribution is 2.16. The SMILES string of the molecule is CC/C=C\C/C=C\C/C=C\C/C=C\C/C=C\CCCC(=O)OC[C@@H](COC(=O)CCCCCCCCCCCC)OC(=O)CCCCCCCCCCCCCCCCCCC. The van der Waals surface area contributed by atoms with Gasteiger partial charge < -0.3 is 14.2 Å². The van der Waals surface area contributed by atoms with E-state index in [-0.39, 0.29) is 37.5 Å². The predicted octanol–water partition coefficient (Wildman–Crippen LogP) is 17.3. The summed E-state index contributed by atoms with van der Waals surface area (Å²) in [5, 5.41) is 0. The molecule has 0 aliphatic heterocycles. The first kappa shape index (κ1) is 59.1. The summed E-state index contributed by atoms with van der Waals surface area (Å²) in [6.07, 6.45) is 62.1. The van der Waals surface area contributed by atoms with Crippen LogP contribution in [0.25, 0.3) is 0 Å². The maximum Gasteiger partial charge on any atom is 0.306 e. The number of carbonyl (C=O) groups excluding carboxylic acids is 3. The number of hydrogen-bond donors (Lipinski definition) is 0. The van der Waals surface area contributed by atoms with Crippen LogP contribution in [0.3, 0.4) is 0 Å². The molecule has 0 aromatic heterocycles. The first-order valence-corrected chi connectivity index (χ1v) is 26.3. The molecule has 0 saturated carbocycles. The Morgan fingerprint density at radius 2 is 0.629 bits per heavy atom. The lowest BCUT2D eigenvalue weighted by molar-refractivity contribution is -0.167. The summed E-state index contributed by atoms with van der Waals surface area (Å²) in [6, 6.07) is 0. The van der Waals surface area contributed by atoms with E-state index in [4.69, 9.17) is 14.2 Å². The average molecular weight is 867 g/mol. The van der Waals surface area contributed by atoms with Crippen molar-refractivity contribution in [2.45, 2.75) is 264 Å². The van der Waals surface area contributed by atoms with Gasteiger partial charge in [-0.05, 0) is 57.8 Å². The van der Waals surface area contributed by atoms with Gasteiger partial charge in [0.25, 0.3) is 0 Å². The van der Waals surface area contributed by atoms with E-state index >= 15 is 0 Å². The predicted molar refractivity (Wildman–Crippen MR) is 265 cm³/mol. The van der Waals surface area contributed by atoms with Crippen LogP contribution in [0.4, 0.5) is 0 Å². The van der Waals surface area contributed by atoms with Gasteiger partial charge in [0.15, 0.2) is 6.10 Å². The number of rotatable bonds is 47. The van der Waals surface area contributed by atoms with E-state index in [1.807, 2.05) is 0 Å². The number of ether oxygens (including phenoxy) is 3. The zero-order chi connectivity index (χ0) is 45.1. The maximum absolute atomic E-state index is 12.8. The zero-order valence-electron chi connectivity index (χ0n) is 40.9. The fourth-order valence-electron chi connectivity index (χ4n) is 7.36. The number of carbonyl (C=O) groups is 3. The van der Waals surface area contributed by atoms with Crippen molar-refractivity contribution in [2.24, 2.45) is 0 Å². The normalized spacial score (nSPS) is 12.5. The number of hydrogen-bond acceptors (Lipinski definition) is 6. The number of esters is 3. The van der Waals surface area contributed by atoms with Gasteiger partial charge in [-0.1, -0.05) is 242 Å². The first-order chi connectivity index (χ1) is 30.5. The molecule has 6 nitrogen and oxygen atoms in total. The second kappa shape index (κ2) is 50.8.